The predicted octanol–water partition coefficient (Wildman–Crippen LogP) is 2.14. The van der Waals surface area contributed by atoms with Gasteiger partial charge in [0, 0.05) is 51.9 Å². The zero-order valence-corrected chi connectivity index (χ0v) is 21.0. The Morgan fingerprint density at radius 3 is 2.29 bits per heavy atom. The first-order chi connectivity index (χ1) is 12.6. The van der Waals surface area contributed by atoms with Gasteiger partial charge in [0.2, 0.25) is 0 Å². The van der Waals surface area contributed by atoms with Gasteiger partial charge in [-0.3, -0.25) is 9.89 Å². The summed E-state index contributed by atoms with van der Waals surface area (Å²) >= 11 is 0. The molecule has 1 fully saturated rings. The summed E-state index contributed by atoms with van der Waals surface area (Å²) in [4.78, 5) is 20.6. The third-order valence-electron chi connectivity index (χ3n) is 4.49. The average Bonchev–Trinajstić information content (AvgIpc) is 2.60. The molecule has 0 atom stereocenters. The summed E-state index contributed by atoms with van der Waals surface area (Å²) < 4.78 is 10.9. The molecule has 8 nitrogen and oxygen atoms in total. The number of halogens is 1. The summed E-state index contributed by atoms with van der Waals surface area (Å²) in [6.07, 6.45) is -0.289. The number of carbonyl (C=O) groups is 1. The van der Waals surface area contributed by atoms with E-state index in [2.05, 4.69) is 34.4 Å². The van der Waals surface area contributed by atoms with E-state index in [1.165, 1.54) is 0 Å². The summed E-state index contributed by atoms with van der Waals surface area (Å²) in [7, 11) is 1.75. The first-order valence-electron chi connectivity index (χ1n) is 9.84. The molecule has 0 bridgehead atoms. The van der Waals surface area contributed by atoms with Gasteiger partial charge in [0.25, 0.3) is 0 Å². The number of likely N-dealkylation sites (N-methyl/N-ethyl adjacent to an activating group) is 1. The summed E-state index contributed by atoms with van der Waals surface area (Å²) in [5.41, 5.74) is -0.478. The third-order valence-corrected chi connectivity index (χ3v) is 4.49. The number of rotatable bonds is 7. The quantitative estimate of drug-likeness (QED) is 0.309. The van der Waals surface area contributed by atoms with E-state index in [0.29, 0.717) is 19.6 Å². The van der Waals surface area contributed by atoms with Gasteiger partial charge in [0.1, 0.15) is 5.60 Å². The number of amides is 1. The Labute approximate surface area is 187 Å². The highest BCUT2D eigenvalue weighted by molar-refractivity contribution is 14.0. The monoisotopic (exact) mass is 513 g/mol. The van der Waals surface area contributed by atoms with Gasteiger partial charge >= 0.3 is 6.09 Å². The SMILES string of the molecule is CCN(CCNC(=NC)NCC(C)(C)N1CCOCC1)C(=O)OC(C)(C)C.I. The molecule has 0 radical (unpaired) electrons. The Balaban J connectivity index is 0.00000729. The maximum absolute atomic E-state index is 12.2. The van der Waals surface area contributed by atoms with E-state index in [4.69, 9.17) is 9.47 Å². The Bertz CT molecular complexity index is 488. The lowest BCUT2D eigenvalue weighted by molar-refractivity contribution is -0.00834. The number of morpholine rings is 1. The number of carbonyl (C=O) groups excluding carboxylic acids is 1. The van der Waals surface area contributed by atoms with Crippen molar-refractivity contribution in [1.82, 2.24) is 20.4 Å². The lowest BCUT2D eigenvalue weighted by Gasteiger charge is -2.41. The summed E-state index contributed by atoms with van der Waals surface area (Å²) in [5.74, 6) is 0.733. The van der Waals surface area contributed by atoms with Crippen LogP contribution in [0.25, 0.3) is 0 Å². The highest BCUT2D eigenvalue weighted by atomic mass is 127. The number of nitrogens with one attached hydrogen (secondary N) is 2. The largest absolute Gasteiger partial charge is 0.444 e. The van der Waals surface area contributed by atoms with Gasteiger partial charge in [0.15, 0.2) is 5.96 Å². The van der Waals surface area contributed by atoms with E-state index in [9.17, 15) is 4.79 Å². The molecule has 0 aliphatic carbocycles. The van der Waals surface area contributed by atoms with Crippen LogP contribution in [0.2, 0.25) is 0 Å². The second-order valence-corrected chi connectivity index (χ2v) is 8.32. The number of hydrogen-bond donors (Lipinski definition) is 2. The van der Waals surface area contributed by atoms with Crippen molar-refractivity contribution in [2.24, 2.45) is 4.99 Å². The highest BCUT2D eigenvalue weighted by Crippen LogP contribution is 2.15. The highest BCUT2D eigenvalue weighted by Gasteiger charge is 2.28. The van der Waals surface area contributed by atoms with Gasteiger partial charge in [-0.1, -0.05) is 0 Å². The van der Waals surface area contributed by atoms with Crippen molar-refractivity contribution in [2.45, 2.75) is 52.7 Å². The Morgan fingerprint density at radius 2 is 1.79 bits per heavy atom. The minimum absolute atomic E-state index is 0. The molecule has 0 aromatic rings. The van der Waals surface area contributed by atoms with Gasteiger partial charge in [-0.25, -0.2) is 4.79 Å². The first-order valence-corrected chi connectivity index (χ1v) is 9.84. The summed E-state index contributed by atoms with van der Waals surface area (Å²) in [6.45, 7) is 18.0. The summed E-state index contributed by atoms with van der Waals surface area (Å²) in [6, 6.07) is 0. The van der Waals surface area contributed by atoms with Crippen LogP contribution in [0.15, 0.2) is 4.99 Å². The molecule has 166 valence electrons. The number of hydrogen-bond acceptors (Lipinski definition) is 5. The van der Waals surface area contributed by atoms with Gasteiger partial charge < -0.3 is 25.0 Å². The van der Waals surface area contributed by atoms with E-state index < -0.39 is 5.60 Å². The molecule has 28 heavy (non-hydrogen) atoms. The van der Waals surface area contributed by atoms with Gasteiger partial charge in [0.05, 0.1) is 13.2 Å². The molecule has 0 aromatic heterocycles. The maximum atomic E-state index is 12.2. The molecule has 0 spiro atoms. The second kappa shape index (κ2) is 12.7. The first kappa shape index (κ1) is 27.2. The number of guanidine groups is 1. The van der Waals surface area contributed by atoms with Crippen molar-refractivity contribution in [3.63, 3.8) is 0 Å². The van der Waals surface area contributed by atoms with E-state index >= 15 is 0 Å². The zero-order valence-electron chi connectivity index (χ0n) is 18.6. The molecule has 1 amide bonds. The fourth-order valence-corrected chi connectivity index (χ4v) is 2.82. The summed E-state index contributed by atoms with van der Waals surface area (Å²) in [5, 5.41) is 6.66. The molecule has 0 aromatic carbocycles. The van der Waals surface area contributed by atoms with Crippen molar-refractivity contribution in [1.29, 1.82) is 0 Å². The predicted molar refractivity (Wildman–Crippen MR) is 125 cm³/mol. The molecule has 0 saturated carbocycles. The molecule has 1 aliphatic rings. The molecule has 1 rings (SSSR count). The van der Waals surface area contributed by atoms with Crippen molar-refractivity contribution in [2.75, 3.05) is 59.5 Å². The minimum Gasteiger partial charge on any atom is -0.444 e. The van der Waals surface area contributed by atoms with Crippen molar-refractivity contribution in [3.8, 4) is 0 Å². The van der Waals surface area contributed by atoms with Crippen LogP contribution in [-0.2, 0) is 9.47 Å². The van der Waals surface area contributed by atoms with Crippen LogP contribution in [0, 0.1) is 0 Å². The lowest BCUT2D eigenvalue weighted by Crippen LogP contribution is -2.56. The average molecular weight is 513 g/mol. The molecular formula is C19H40IN5O3. The molecule has 2 N–H and O–H groups in total. The number of ether oxygens (including phenoxy) is 2. The van der Waals surface area contributed by atoms with E-state index in [1.54, 1.807) is 11.9 Å². The molecule has 1 saturated heterocycles. The van der Waals surface area contributed by atoms with Gasteiger partial charge in [-0.2, -0.15) is 0 Å². The smallest absolute Gasteiger partial charge is 0.410 e. The van der Waals surface area contributed by atoms with Crippen LogP contribution in [0.5, 0.6) is 0 Å². The number of aliphatic imine (C=N–C) groups is 1. The van der Waals surface area contributed by atoms with Crippen LogP contribution in [-0.4, -0.2) is 92.5 Å². The van der Waals surface area contributed by atoms with Crippen molar-refractivity contribution in [3.05, 3.63) is 0 Å². The fraction of sp³-hybridized carbons (Fsp3) is 0.895. The van der Waals surface area contributed by atoms with E-state index in [1.807, 2.05) is 27.7 Å². The van der Waals surface area contributed by atoms with Crippen LogP contribution >= 0.6 is 24.0 Å². The van der Waals surface area contributed by atoms with Crippen LogP contribution in [0.4, 0.5) is 4.79 Å². The van der Waals surface area contributed by atoms with Crippen molar-refractivity contribution >= 4 is 36.0 Å². The Morgan fingerprint density at radius 1 is 1.18 bits per heavy atom. The molecule has 1 aliphatic heterocycles. The van der Waals surface area contributed by atoms with E-state index in [-0.39, 0.29) is 35.6 Å². The molecule has 0 unspecified atom stereocenters. The molecule has 9 heteroatoms. The fourth-order valence-electron chi connectivity index (χ4n) is 2.82. The van der Waals surface area contributed by atoms with Gasteiger partial charge in [-0.15, -0.1) is 24.0 Å². The van der Waals surface area contributed by atoms with Crippen LogP contribution in [0.3, 0.4) is 0 Å². The molecule has 1 heterocycles. The van der Waals surface area contributed by atoms with Crippen molar-refractivity contribution < 1.29 is 14.3 Å². The standard InChI is InChI=1S/C19H39N5O3.HI/c1-8-23(17(25)27-18(2,3)4)10-9-21-16(20-7)22-15-19(5,6)24-11-13-26-14-12-24;/h8-15H2,1-7H3,(H2,20,21,22);1H. The second-order valence-electron chi connectivity index (χ2n) is 8.32. The topological polar surface area (TPSA) is 78.4 Å². The number of nitrogens with zero attached hydrogens (tertiary/aromatic N) is 3. The minimum atomic E-state index is -0.486. The van der Waals surface area contributed by atoms with E-state index in [0.717, 1.165) is 38.8 Å². The Kier molecular flexibility index (Phi) is 12.3. The lowest BCUT2D eigenvalue weighted by atomic mass is 10.0. The third kappa shape index (κ3) is 10.1. The normalized spacial score (nSPS) is 16.2. The maximum Gasteiger partial charge on any atom is 0.410 e. The van der Waals surface area contributed by atoms with Crippen LogP contribution in [0.1, 0.15) is 41.5 Å². The van der Waals surface area contributed by atoms with Gasteiger partial charge in [-0.05, 0) is 41.5 Å². The zero-order chi connectivity index (χ0) is 20.5. The molecular weight excluding hydrogens is 473 g/mol. The Hall–Kier alpha value is -0.810. The van der Waals surface area contributed by atoms with Crippen LogP contribution < -0.4 is 10.6 Å².